The molecular weight excluding hydrogens is 139 g/mol. The fraction of sp³-hybridized carbons (Fsp3) is 1.00. The summed E-state index contributed by atoms with van der Waals surface area (Å²) in [6.07, 6.45) is 1.84. The molecule has 0 N–H and O–H groups in total. The number of hydrogen-bond donors (Lipinski definition) is 0. The minimum absolute atomic E-state index is 0.274. The number of ether oxygens (including phenoxy) is 1. The minimum atomic E-state index is -2.18. The maximum absolute atomic E-state index is 11.3. The Morgan fingerprint density at radius 3 is 2.44 bits per heavy atom. The highest BCUT2D eigenvalue weighted by Crippen LogP contribution is 2.59. The first-order chi connectivity index (χ1) is 4.23. The van der Waals surface area contributed by atoms with E-state index in [-0.39, 0.29) is 12.2 Å². The zero-order valence-corrected chi connectivity index (χ0v) is 6.14. The first kappa shape index (κ1) is 5.90. The lowest BCUT2D eigenvalue weighted by molar-refractivity contribution is 0.344. The molecule has 0 spiro atoms. The summed E-state index contributed by atoms with van der Waals surface area (Å²) in [4.78, 5) is 0. The van der Waals surface area contributed by atoms with Crippen LogP contribution in [-0.4, -0.2) is 31.6 Å². The number of hydrogen-bond acceptors (Lipinski definition) is 3. The lowest BCUT2D eigenvalue weighted by Crippen LogP contribution is -1.94. The van der Waals surface area contributed by atoms with Gasteiger partial charge in [0.2, 0.25) is 7.37 Å². The molecule has 2 atom stereocenters. The Bertz CT molecular complexity index is 165. The second kappa shape index (κ2) is 1.60. The third-order valence-electron chi connectivity index (χ3n) is 1.94. The molecule has 2 saturated heterocycles. The highest BCUT2D eigenvalue weighted by Gasteiger charge is 2.54. The van der Waals surface area contributed by atoms with Crippen LogP contribution in [0.4, 0.5) is 0 Å². The summed E-state index contributed by atoms with van der Waals surface area (Å²) in [6, 6.07) is 0. The van der Waals surface area contributed by atoms with Gasteiger partial charge in [-0.05, 0) is 0 Å². The molecular formula is C5H9O3P. The Hall–Kier alpha value is 0.150. The monoisotopic (exact) mass is 148 g/mol. The molecule has 2 rings (SSSR count). The highest BCUT2D eigenvalue weighted by molar-refractivity contribution is 7.59. The van der Waals surface area contributed by atoms with Crippen LogP contribution >= 0.6 is 7.37 Å². The number of rotatable bonds is 1. The van der Waals surface area contributed by atoms with Crippen LogP contribution in [0.3, 0.4) is 0 Å². The molecule has 0 saturated carbocycles. The van der Waals surface area contributed by atoms with Crippen LogP contribution in [0.1, 0.15) is 0 Å². The van der Waals surface area contributed by atoms with Gasteiger partial charge in [-0.2, -0.15) is 0 Å². The van der Waals surface area contributed by atoms with Gasteiger partial charge >= 0.3 is 0 Å². The van der Waals surface area contributed by atoms with Gasteiger partial charge in [0.25, 0.3) is 0 Å². The van der Waals surface area contributed by atoms with E-state index >= 15 is 0 Å². The summed E-state index contributed by atoms with van der Waals surface area (Å²) >= 11 is 0. The van der Waals surface area contributed by atoms with Gasteiger partial charge in [-0.25, -0.2) is 0 Å². The van der Waals surface area contributed by atoms with Crippen LogP contribution in [-0.2, 0) is 13.8 Å². The van der Waals surface area contributed by atoms with Crippen LogP contribution in [0, 0.1) is 0 Å². The van der Waals surface area contributed by atoms with E-state index in [1.165, 1.54) is 7.11 Å². The summed E-state index contributed by atoms with van der Waals surface area (Å²) in [5.74, 6) is 0. The Balaban J connectivity index is 2.10. The Morgan fingerprint density at radius 2 is 2.11 bits per heavy atom. The Labute approximate surface area is 53.8 Å². The third-order valence-corrected chi connectivity index (χ3v) is 4.43. The van der Waals surface area contributed by atoms with Crippen molar-refractivity contribution in [2.45, 2.75) is 12.2 Å². The lowest BCUT2D eigenvalue weighted by atomic mass is 10.4. The summed E-state index contributed by atoms with van der Waals surface area (Å²) in [5, 5.41) is 0. The van der Waals surface area contributed by atoms with Crippen LogP contribution in [0.2, 0.25) is 0 Å². The van der Waals surface area contributed by atoms with Crippen molar-refractivity contribution in [3.8, 4) is 0 Å². The number of fused-ring (bicyclic) bond motifs is 1. The zero-order valence-electron chi connectivity index (χ0n) is 5.24. The molecule has 0 aliphatic carbocycles. The van der Waals surface area contributed by atoms with E-state index in [0.29, 0.717) is 12.3 Å². The summed E-state index contributed by atoms with van der Waals surface area (Å²) in [6.45, 7) is 0. The van der Waals surface area contributed by atoms with Crippen LogP contribution in [0.15, 0.2) is 0 Å². The molecule has 52 valence electrons. The van der Waals surface area contributed by atoms with E-state index in [0.717, 1.165) is 0 Å². The Kier molecular flexibility index (Phi) is 1.05. The smallest absolute Gasteiger partial charge is 0.208 e. The molecule has 0 aromatic carbocycles. The molecule has 0 bridgehead atoms. The molecule has 9 heavy (non-hydrogen) atoms. The van der Waals surface area contributed by atoms with Gasteiger partial charge < -0.3 is 9.26 Å². The van der Waals surface area contributed by atoms with Crippen LogP contribution in [0.5, 0.6) is 0 Å². The maximum atomic E-state index is 11.3. The lowest BCUT2D eigenvalue weighted by Gasteiger charge is -2.08. The highest BCUT2D eigenvalue weighted by atomic mass is 31.2. The molecule has 2 fully saturated rings. The second-order valence-electron chi connectivity index (χ2n) is 2.58. The predicted molar refractivity (Wildman–Crippen MR) is 33.0 cm³/mol. The quantitative estimate of drug-likeness (QED) is 0.405. The van der Waals surface area contributed by atoms with E-state index in [1.54, 1.807) is 0 Å². The fourth-order valence-corrected chi connectivity index (χ4v) is 3.46. The molecule has 0 amide bonds. The molecule has 2 aliphatic heterocycles. The first-order valence-corrected chi connectivity index (χ1v) is 5.02. The van der Waals surface area contributed by atoms with Gasteiger partial charge in [-0.15, -0.1) is 0 Å². The molecule has 3 nitrogen and oxygen atoms in total. The van der Waals surface area contributed by atoms with Crippen molar-refractivity contribution in [1.29, 1.82) is 0 Å². The standard InChI is InChI=1S/C5H9O3P/c1-7-9(6)2-4-5(3-9)8-4/h4-5H,2-3H2,1H3. The van der Waals surface area contributed by atoms with Crippen molar-refractivity contribution in [3.63, 3.8) is 0 Å². The Morgan fingerprint density at radius 1 is 1.56 bits per heavy atom. The van der Waals surface area contributed by atoms with Crippen molar-refractivity contribution in [1.82, 2.24) is 0 Å². The van der Waals surface area contributed by atoms with E-state index in [9.17, 15) is 4.57 Å². The van der Waals surface area contributed by atoms with Crippen molar-refractivity contribution < 1.29 is 13.8 Å². The van der Waals surface area contributed by atoms with Gasteiger partial charge in [0.1, 0.15) is 0 Å². The van der Waals surface area contributed by atoms with Gasteiger partial charge in [0, 0.05) is 7.11 Å². The summed E-state index contributed by atoms with van der Waals surface area (Å²) < 4.78 is 21.3. The molecule has 0 aromatic heterocycles. The van der Waals surface area contributed by atoms with Crippen LogP contribution < -0.4 is 0 Å². The van der Waals surface area contributed by atoms with Gasteiger partial charge in [0.15, 0.2) is 0 Å². The molecule has 0 aromatic rings. The molecule has 2 unspecified atom stereocenters. The summed E-state index contributed by atoms with van der Waals surface area (Å²) in [7, 11) is -0.663. The van der Waals surface area contributed by atoms with E-state index in [4.69, 9.17) is 9.26 Å². The number of epoxide rings is 1. The predicted octanol–water partition coefficient (Wildman–Crippen LogP) is 0.692. The van der Waals surface area contributed by atoms with Crippen LogP contribution in [0.25, 0.3) is 0 Å². The zero-order chi connectivity index (χ0) is 6.48. The van der Waals surface area contributed by atoms with E-state index < -0.39 is 7.37 Å². The normalized spacial score (nSPS) is 55.2. The van der Waals surface area contributed by atoms with Gasteiger partial charge in [-0.1, -0.05) is 0 Å². The topological polar surface area (TPSA) is 38.8 Å². The van der Waals surface area contributed by atoms with Crippen molar-refractivity contribution in [3.05, 3.63) is 0 Å². The van der Waals surface area contributed by atoms with E-state index in [2.05, 4.69) is 0 Å². The van der Waals surface area contributed by atoms with Crippen molar-refractivity contribution in [2.75, 3.05) is 19.4 Å². The SMILES string of the molecule is COP1(=O)CC2OC2C1. The summed E-state index contributed by atoms with van der Waals surface area (Å²) in [5.41, 5.74) is 0. The average molecular weight is 148 g/mol. The maximum Gasteiger partial charge on any atom is 0.208 e. The van der Waals surface area contributed by atoms with Crippen molar-refractivity contribution in [2.24, 2.45) is 0 Å². The second-order valence-corrected chi connectivity index (χ2v) is 5.30. The molecule has 2 heterocycles. The van der Waals surface area contributed by atoms with Gasteiger partial charge in [0.05, 0.1) is 24.5 Å². The van der Waals surface area contributed by atoms with E-state index in [1.807, 2.05) is 0 Å². The first-order valence-electron chi connectivity index (χ1n) is 3.03. The fourth-order valence-electron chi connectivity index (χ4n) is 1.27. The molecule has 2 aliphatic rings. The molecule has 0 radical (unpaired) electrons. The minimum Gasteiger partial charge on any atom is -0.368 e. The van der Waals surface area contributed by atoms with Crippen molar-refractivity contribution >= 4 is 7.37 Å². The largest absolute Gasteiger partial charge is 0.368 e. The average Bonchev–Trinajstić information content (AvgIpc) is 2.42. The van der Waals surface area contributed by atoms with Gasteiger partial charge in [-0.3, -0.25) is 4.57 Å². The molecule has 4 heteroatoms. The third kappa shape index (κ3) is 0.841.